The van der Waals surface area contributed by atoms with Gasteiger partial charge >= 0.3 is 0 Å². The van der Waals surface area contributed by atoms with Crippen LogP contribution in [-0.2, 0) is 11.2 Å². The summed E-state index contributed by atoms with van der Waals surface area (Å²) in [5.41, 5.74) is 2.69. The van der Waals surface area contributed by atoms with Crippen LogP contribution in [0.1, 0.15) is 21.5 Å². The van der Waals surface area contributed by atoms with Crippen molar-refractivity contribution < 1.29 is 19.0 Å². The molecule has 0 bridgehead atoms. The molecule has 2 aromatic rings. The molecule has 0 fully saturated rings. The molecule has 4 nitrogen and oxygen atoms in total. The molecule has 21 heavy (non-hydrogen) atoms. The zero-order valence-electron chi connectivity index (χ0n) is 12.2. The number of carbonyl (C=O) groups is 1. The third-order valence-corrected chi connectivity index (χ3v) is 3.11. The SMILES string of the molecule is COCOc1ccc(C=O)cc1Cc1ccc(OC)cc1. The lowest BCUT2D eigenvalue weighted by atomic mass is 10.0. The average molecular weight is 286 g/mol. The second-order valence-electron chi connectivity index (χ2n) is 4.56. The van der Waals surface area contributed by atoms with Crippen LogP contribution in [0.5, 0.6) is 11.5 Å². The van der Waals surface area contributed by atoms with Gasteiger partial charge in [-0.1, -0.05) is 12.1 Å². The largest absolute Gasteiger partial charge is 0.497 e. The van der Waals surface area contributed by atoms with E-state index in [1.165, 1.54) is 0 Å². The van der Waals surface area contributed by atoms with E-state index in [2.05, 4.69) is 0 Å². The van der Waals surface area contributed by atoms with Gasteiger partial charge in [-0.2, -0.15) is 0 Å². The van der Waals surface area contributed by atoms with E-state index >= 15 is 0 Å². The van der Waals surface area contributed by atoms with Crippen molar-refractivity contribution in [2.45, 2.75) is 6.42 Å². The Hall–Kier alpha value is -2.33. The van der Waals surface area contributed by atoms with E-state index in [-0.39, 0.29) is 6.79 Å². The van der Waals surface area contributed by atoms with E-state index in [9.17, 15) is 4.79 Å². The molecular formula is C17H18O4. The van der Waals surface area contributed by atoms with Gasteiger partial charge in [0.15, 0.2) is 6.79 Å². The maximum absolute atomic E-state index is 10.9. The van der Waals surface area contributed by atoms with E-state index in [0.29, 0.717) is 12.0 Å². The topological polar surface area (TPSA) is 44.8 Å². The van der Waals surface area contributed by atoms with Gasteiger partial charge in [0.05, 0.1) is 7.11 Å². The number of methoxy groups -OCH3 is 2. The summed E-state index contributed by atoms with van der Waals surface area (Å²) in [7, 11) is 3.21. The summed E-state index contributed by atoms with van der Waals surface area (Å²) in [6.07, 6.45) is 1.50. The van der Waals surface area contributed by atoms with Crippen LogP contribution in [0.25, 0.3) is 0 Å². The van der Waals surface area contributed by atoms with Crippen LogP contribution in [0, 0.1) is 0 Å². The molecule has 0 radical (unpaired) electrons. The van der Waals surface area contributed by atoms with Crippen LogP contribution in [0.3, 0.4) is 0 Å². The maximum atomic E-state index is 10.9. The summed E-state index contributed by atoms with van der Waals surface area (Å²) in [5.74, 6) is 1.54. The number of carbonyl (C=O) groups excluding carboxylic acids is 1. The van der Waals surface area contributed by atoms with Crippen LogP contribution in [0.2, 0.25) is 0 Å². The summed E-state index contributed by atoms with van der Waals surface area (Å²) in [5, 5.41) is 0. The number of rotatable bonds is 7. The van der Waals surface area contributed by atoms with Gasteiger partial charge in [0.1, 0.15) is 17.8 Å². The lowest BCUT2D eigenvalue weighted by Crippen LogP contribution is -2.03. The van der Waals surface area contributed by atoms with Crippen molar-refractivity contribution in [3.63, 3.8) is 0 Å². The molecule has 0 saturated heterocycles. The molecule has 0 heterocycles. The Morgan fingerprint density at radius 1 is 1.05 bits per heavy atom. The summed E-state index contributed by atoms with van der Waals surface area (Å²) < 4.78 is 15.6. The fourth-order valence-corrected chi connectivity index (χ4v) is 2.04. The van der Waals surface area contributed by atoms with Crippen LogP contribution >= 0.6 is 0 Å². The molecule has 0 aliphatic carbocycles. The van der Waals surface area contributed by atoms with Crippen molar-refractivity contribution in [3.05, 3.63) is 59.2 Å². The van der Waals surface area contributed by atoms with E-state index in [4.69, 9.17) is 14.2 Å². The Labute approximate surface area is 124 Å². The van der Waals surface area contributed by atoms with Crippen molar-refractivity contribution in [1.29, 1.82) is 0 Å². The van der Waals surface area contributed by atoms with Gasteiger partial charge < -0.3 is 14.2 Å². The minimum atomic E-state index is 0.177. The van der Waals surface area contributed by atoms with Gasteiger partial charge in [-0.15, -0.1) is 0 Å². The molecule has 110 valence electrons. The second kappa shape index (κ2) is 7.45. The van der Waals surface area contributed by atoms with Crippen LogP contribution in [0.4, 0.5) is 0 Å². The smallest absolute Gasteiger partial charge is 0.188 e. The Bertz CT molecular complexity index is 590. The molecule has 0 aliphatic heterocycles. The van der Waals surface area contributed by atoms with Crippen LogP contribution < -0.4 is 9.47 Å². The molecule has 2 aromatic carbocycles. The Morgan fingerprint density at radius 3 is 2.43 bits per heavy atom. The summed E-state index contributed by atoms with van der Waals surface area (Å²) in [6.45, 7) is 0.177. The minimum absolute atomic E-state index is 0.177. The molecule has 0 spiro atoms. The molecule has 2 rings (SSSR count). The number of aldehydes is 1. The Balaban J connectivity index is 2.24. The van der Waals surface area contributed by atoms with E-state index in [1.54, 1.807) is 26.4 Å². The zero-order chi connectivity index (χ0) is 15.1. The normalized spacial score (nSPS) is 10.2. The first-order valence-electron chi connectivity index (χ1n) is 6.59. The predicted octanol–water partition coefficient (Wildman–Crippen LogP) is 3.08. The highest BCUT2D eigenvalue weighted by Crippen LogP contribution is 2.24. The van der Waals surface area contributed by atoms with Crippen LogP contribution in [-0.4, -0.2) is 27.3 Å². The van der Waals surface area contributed by atoms with E-state index in [0.717, 1.165) is 28.9 Å². The monoisotopic (exact) mass is 286 g/mol. The van der Waals surface area contributed by atoms with Crippen LogP contribution in [0.15, 0.2) is 42.5 Å². The van der Waals surface area contributed by atoms with Crippen molar-refractivity contribution in [3.8, 4) is 11.5 Å². The van der Waals surface area contributed by atoms with Crippen molar-refractivity contribution in [2.75, 3.05) is 21.0 Å². The molecule has 0 saturated carbocycles. The number of hydrogen-bond acceptors (Lipinski definition) is 4. The Kier molecular flexibility index (Phi) is 5.35. The highest BCUT2D eigenvalue weighted by Gasteiger charge is 2.07. The average Bonchev–Trinajstić information content (AvgIpc) is 2.54. The maximum Gasteiger partial charge on any atom is 0.188 e. The molecule has 0 aliphatic rings. The minimum Gasteiger partial charge on any atom is -0.497 e. The number of hydrogen-bond donors (Lipinski definition) is 0. The standard InChI is InChI=1S/C17H18O4/c1-19-12-21-17-8-5-14(11-18)10-15(17)9-13-3-6-16(20-2)7-4-13/h3-8,10-11H,9,12H2,1-2H3. The molecule has 4 heteroatoms. The first-order valence-corrected chi connectivity index (χ1v) is 6.59. The van der Waals surface area contributed by atoms with Gasteiger partial charge in [0.2, 0.25) is 0 Å². The van der Waals surface area contributed by atoms with Crippen molar-refractivity contribution in [1.82, 2.24) is 0 Å². The van der Waals surface area contributed by atoms with E-state index < -0.39 is 0 Å². The zero-order valence-corrected chi connectivity index (χ0v) is 12.2. The molecule has 0 aromatic heterocycles. The third kappa shape index (κ3) is 4.07. The highest BCUT2D eigenvalue weighted by molar-refractivity contribution is 5.75. The van der Waals surface area contributed by atoms with Gasteiger partial charge in [-0.25, -0.2) is 0 Å². The van der Waals surface area contributed by atoms with Crippen molar-refractivity contribution in [2.24, 2.45) is 0 Å². The number of benzene rings is 2. The third-order valence-electron chi connectivity index (χ3n) is 3.11. The quantitative estimate of drug-likeness (QED) is 0.579. The lowest BCUT2D eigenvalue weighted by Gasteiger charge is -2.12. The lowest BCUT2D eigenvalue weighted by molar-refractivity contribution is 0.0505. The second-order valence-corrected chi connectivity index (χ2v) is 4.56. The Morgan fingerprint density at radius 2 is 1.81 bits per heavy atom. The molecule has 0 unspecified atom stereocenters. The van der Waals surface area contributed by atoms with Gasteiger partial charge in [0, 0.05) is 19.1 Å². The molecule has 0 amide bonds. The predicted molar refractivity (Wildman–Crippen MR) is 80.1 cm³/mol. The highest BCUT2D eigenvalue weighted by atomic mass is 16.7. The molecule has 0 atom stereocenters. The first kappa shape index (κ1) is 15.1. The summed E-state index contributed by atoms with van der Waals surface area (Å²) >= 11 is 0. The van der Waals surface area contributed by atoms with Crippen molar-refractivity contribution >= 4 is 6.29 Å². The van der Waals surface area contributed by atoms with Gasteiger partial charge in [0.25, 0.3) is 0 Å². The van der Waals surface area contributed by atoms with Gasteiger partial charge in [-0.05, 0) is 41.5 Å². The number of ether oxygens (including phenoxy) is 3. The van der Waals surface area contributed by atoms with Gasteiger partial charge in [-0.3, -0.25) is 4.79 Å². The summed E-state index contributed by atoms with van der Waals surface area (Å²) in [4.78, 5) is 10.9. The molecule has 0 N–H and O–H groups in total. The fourth-order valence-electron chi connectivity index (χ4n) is 2.04. The first-order chi connectivity index (χ1) is 10.3. The molecular weight excluding hydrogens is 268 g/mol. The summed E-state index contributed by atoms with van der Waals surface area (Å²) in [6, 6.07) is 13.2. The fraction of sp³-hybridized carbons (Fsp3) is 0.235. The van der Waals surface area contributed by atoms with E-state index in [1.807, 2.05) is 30.3 Å².